The van der Waals surface area contributed by atoms with Crippen LogP contribution < -0.4 is 16.0 Å². The molecule has 0 saturated carbocycles. The van der Waals surface area contributed by atoms with Gasteiger partial charge in [-0.05, 0) is 24.8 Å². The van der Waals surface area contributed by atoms with Crippen molar-refractivity contribution in [3.8, 4) is 0 Å². The summed E-state index contributed by atoms with van der Waals surface area (Å²) in [6, 6.07) is 6.15. The summed E-state index contributed by atoms with van der Waals surface area (Å²) >= 11 is 0. The van der Waals surface area contributed by atoms with Gasteiger partial charge in [-0.2, -0.15) is 0 Å². The minimum Gasteiger partial charge on any atom is -0.480 e. The number of hydrogen-bond acceptors (Lipinski definition) is 4. The maximum Gasteiger partial charge on any atom is 0.326 e. The predicted octanol–water partition coefficient (Wildman–Crippen LogP) is 0.464. The van der Waals surface area contributed by atoms with Crippen molar-refractivity contribution in [3.63, 3.8) is 0 Å². The largest absolute Gasteiger partial charge is 0.480 e. The van der Waals surface area contributed by atoms with Gasteiger partial charge in [0.25, 0.3) is 0 Å². The second-order valence-electron chi connectivity index (χ2n) is 6.79. The Balaban J connectivity index is 2.84. The molecule has 27 heavy (non-hydrogen) atoms. The zero-order valence-electron chi connectivity index (χ0n) is 15.8. The molecule has 0 aromatic heterocycles. The van der Waals surface area contributed by atoms with E-state index in [2.05, 4.69) is 16.0 Å². The molecule has 0 spiro atoms. The highest BCUT2D eigenvalue weighted by Gasteiger charge is 2.28. The first-order valence-electron chi connectivity index (χ1n) is 8.81. The van der Waals surface area contributed by atoms with E-state index in [1.807, 2.05) is 19.9 Å². The van der Waals surface area contributed by atoms with E-state index in [1.54, 1.807) is 24.3 Å². The third-order valence-electron chi connectivity index (χ3n) is 3.95. The highest BCUT2D eigenvalue weighted by Crippen LogP contribution is 2.08. The highest BCUT2D eigenvalue weighted by atomic mass is 16.4. The topological polar surface area (TPSA) is 125 Å². The molecule has 1 aromatic rings. The van der Waals surface area contributed by atoms with Gasteiger partial charge >= 0.3 is 5.97 Å². The van der Waals surface area contributed by atoms with Crippen molar-refractivity contribution in [3.05, 3.63) is 35.9 Å². The number of benzene rings is 1. The van der Waals surface area contributed by atoms with E-state index in [0.29, 0.717) is 12.8 Å². The summed E-state index contributed by atoms with van der Waals surface area (Å²) in [4.78, 5) is 46.8. The fourth-order valence-corrected chi connectivity index (χ4v) is 2.50. The van der Waals surface area contributed by atoms with Crippen molar-refractivity contribution in [2.24, 2.45) is 5.92 Å². The zero-order chi connectivity index (χ0) is 20.4. The van der Waals surface area contributed by atoms with Crippen LogP contribution in [-0.4, -0.2) is 47.4 Å². The zero-order valence-corrected chi connectivity index (χ0v) is 15.8. The number of nitrogens with one attached hydrogen (secondary N) is 3. The molecule has 4 N–H and O–H groups in total. The van der Waals surface area contributed by atoms with Crippen molar-refractivity contribution >= 4 is 24.2 Å². The lowest BCUT2D eigenvalue weighted by atomic mass is 10.0. The molecule has 0 heterocycles. The molecule has 148 valence electrons. The number of aliphatic carboxylic acids is 1. The molecule has 8 nitrogen and oxygen atoms in total. The smallest absolute Gasteiger partial charge is 0.326 e. The third-order valence-corrected chi connectivity index (χ3v) is 3.95. The first-order chi connectivity index (χ1) is 12.7. The van der Waals surface area contributed by atoms with Crippen LogP contribution in [-0.2, 0) is 25.6 Å². The number of carboxylic acids is 1. The molecule has 0 aliphatic rings. The van der Waals surface area contributed by atoms with Gasteiger partial charge in [0, 0.05) is 6.42 Å². The van der Waals surface area contributed by atoms with Crippen LogP contribution in [0.1, 0.15) is 32.8 Å². The number of carbonyl (C=O) groups is 4. The first kappa shape index (κ1) is 22.1. The predicted molar refractivity (Wildman–Crippen MR) is 99.8 cm³/mol. The fourth-order valence-electron chi connectivity index (χ4n) is 2.50. The molecule has 0 bridgehead atoms. The van der Waals surface area contributed by atoms with Crippen LogP contribution in [0.2, 0.25) is 0 Å². The van der Waals surface area contributed by atoms with Crippen molar-refractivity contribution in [2.75, 3.05) is 0 Å². The van der Waals surface area contributed by atoms with E-state index in [4.69, 9.17) is 0 Å². The van der Waals surface area contributed by atoms with Crippen LogP contribution in [0.15, 0.2) is 30.3 Å². The summed E-state index contributed by atoms with van der Waals surface area (Å²) in [6.45, 7) is 5.26. The number of rotatable bonds is 11. The molecule has 0 fully saturated rings. The lowest BCUT2D eigenvalue weighted by Gasteiger charge is -2.24. The van der Waals surface area contributed by atoms with E-state index in [0.717, 1.165) is 5.56 Å². The Morgan fingerprint density at radius 1 is 1.00 bits per heavy atom. The van der Waals surface area contributed by atoms with Crippen LogP contribution in [0.25, 0.3) is 0 Å². The second kappa shape index (κ2) is 10.9. The molecule has 0 aliphatic carbocycles. The molecule has 3 amide bonds. The van der Waals surface area contributed by atoms with Gasteiger partial charge in [0.2, 0.25) is 18.2 Å². The van der Waals surface area contributed by atoms with Crippen molar-refractivity contribution in [2.45, 2.75) is 51.7 Å². The third kappa shape index (κ3) is 7.89. The van der Waals surface area contributed by atoms with Gasteiger partial charge in [0.1, 0.15) is 18.1 Å². The number of amides is 3. The highest BCUT2D eigenvalue weighted by molar-refractivity contribution is 5.92. The average Bonchev–Trinajstić information content (AvgIpc) is 2.61. The van der Waals surface area contributed by atoms with Crippen LogP contribution in [0.5, 0.6) is 0 Å². The Hall–Kier alpha value is -2.90. The van der Waals surface area contributed by atoms with Gasteiger partial charge < -0.3 is 21.1 Å². The maximum absolute atomic E-state index is 12.6. The van der Waals surface area contributed by atoms with Gasteiger partial charge in [-0.3, -0.25) is 14.4 Å². The summed E-state index contributed by atoms with van der Waals surface area (Å²) in [5.74, 6) is -2.15. The van der Waals surface area contributed by atoms with E-state index in [9.17, 15) is 24.3 Å². The van der Waals surface area contributed by atoms with Crippen molar-refractivity contribution < 1.29 is 24.3 Å². The van der Waals surface area contributed by atoms with Gasteiger partial charge in [0.05, 0.1) is 0 Å². The normalized spacial score (nSPS) is 13.9. The van der Waals surface area contributed by atoms with E-state index >= 15 is 0 Å². The van der Waals surface area contributed by atoms with Crippen LogP contribution >= 0.6 is 0 Å². The molecule has 1 rings (SSSR count). The maximum atomic E-state index is 12.6. The molecular formula is C19H27N3O5. The standard InChI is InChI=1S/C19H27N3O5/c1-12(2)9-15(21-17(24)13(3)20-11-23)18(25)22-16(19(26)27)10-14-7-5-4-6-8-14/h4-8,11-13,15-16H,9-10H2,1-3H3,(H,20,23)(H,21,24)(H,22,25)(H,26,27). The summed E-state index contributed by atoms with van der Waals surface area (Å²) < 4.78 is 0. The van der Waals surface area contributed by atoms with Crippen molar-refractivity contribution in [1.82, 2.24) is 16.0 Å². The molecule has 0 saturated heterocycles. The van der Waals surface area contributed by atoms with Gasteiger partial charge in [-0.15, -0.1) is 0 Å². The summed E-state index contributed by atoms with van der Waals surface area (Å²) in [5.41, 5.74) is 0.776. The number of hydrogen-bond donors (Lipinski definition) is 4. The lowest BCUT2D eigenvalue weighted by Crippen LogP contribution is -2.55. The molecule has 0 radical (unpaired) electrons. The Labute approximate surface area is 158 Å². The Morgan fingerprint density at radius 2 is 1.59 bits per heavy atom. The minimum atomic E-state index is -1.15. The first-order valence-corrected chi connectivity index (χ1v) is 8.81. The molecule has 8 heteroatoms. The van der Waals surface area contributed by atoms with E-state index in [-0.39, 0.29) is 12.3 Å². The Morgan fingerprint density at radius 3 is 2.11 bits per heavy atom. The summed E-state index contributed by atoms with van der Waals surface area (Å²) in [6.07, 6.45) is 0.874. The van der Waals surface area contributed by atoms with Gasteiger partial charge in [-0.25, -0.2) is 4.79 Å². The quantitative estimate of drug-likeness (QED) is 0.417. The Kier molecular flexibility index (Phi) is 8.98. The number of carboxylic acid groups (broad SMARTS) is 1. The fraction of sp³-hybridized carbons (Fsp3) is 0.474. The van der Waals surface area contributed by atoms with E-state index < -0.39 is 35.9 Å². The second-order valence-corrected chi connectivity index (χ2v) is 6.79. The molecular weight excluding hydrogens is 350 g/mol. The molecule has 0 aliphatic heterocycles. The summed E-state index contributed by atoms with van der Waals surface area (Å²) in [5, 5.41) is 16.8. The lowest BCUT2D eigenvalue weighted by molar-refractivity contribution is -0.142. The van der Waals surface area contributed by atoms with Gasteiger partial charge in [-0.1, -0.05) is 44.2 Å². The molecule has 1 aromatic carbocycles. The van der Waals surface area contributed by atoms with Gasteiger partial charge in [0.15, 0.2) is 0 Å². The molecule has 3 atom stereocenters. The van der Waals surface area contributed by atoms with Crippen LogP contribution in [0, 0.1) is 5.92 Å². The van der Waals surface area contributed by atoms with Crippen LogP contribution in [0.3, 0.4) is 0 Å². The SMILES string of the molecule is CC(C)CC(NC(=O)C(C)NC=O)C(=O)NC(Cc1ccccc1)C(=O)O. The summed E-state index contributed by atoms with van der Waals surface area (Å²) in [7, 11) is 0. The number of carbonyl (C=O) groups excluding carboxylic acids is 3. The van der Waals surface area contributed by atoms with E-state index in [1.165, 1.54) is 6.92 Å². The molecule has 3 unspecified atom stereocenters. The van der Waals surface area contributed by atoms with Crippen molar-refractivity contribution in [1.29, 1.82) is 0 Å². The minimum absolute atomic E-state index is 0.0905. The average molecular weight is 377 g/mol. The monoisotopic (exact) mass is 377 g/mol. The van der Waals surface area contributed by atoms with Crippen LogP contribution in [0.4, 0.5) is 0 Å². The Bertz CT molecular complexity index is 648.